The average molecular weight is 535 g/mol. The lowest BCUT2D eigenvalue weighted by Gasteiger charge is -2.33. The zero-order chi connectivity index (χ0) is 26.1. The number of benzene rings is 1. The fraction of sp³-hybridized carbons (Fsp3) is 0.741. The van der Waals surface area contributed by atoms with Crippen LogP contribution < -0.4 is 10.5 Å². The van der Waals surface area contributed by atoms with E-state index in [1.54, 1.807) is 0 Å². The third kappa shape index (κ3) is 7.12. The Balaban J connectivity index is 1.71. The van der Waals surface area contributed by atoms with E-state index in [1.807, 2.05) is 20.8 Å². The first-order valence-electron chi connectivity index (χ1n) is 13.6. The van der Waals surface area contributed by atoms with Crippen molar-refractivity contribution in [3.8, 4) is 0 Å². The minimum atomic E-state index is -1.27. The Morgan fingerprint density at radius 2 is 2.00 bits per heavy atom. The van der Waals surface area contributed by atoms with Gasteiger partial charge in [-0.2, -0.15) is 0 Å². The number of ether oxygens (including phenoxy) is 2. The van der Waals surface area contributed by atoms with Crippen molar-refractivity contribution in [2.45, 2.75) is 108 Å². The SMILES string of the molecule is CC(C)(C)[S@@+]([O-])NC(c1nc2ccc(C(N)C3CC3)cc2n1COCC[Si](C)(C)C)[C@H]1CCCCO1. The molecule has 2 fully saturated rings. The quantitative estimate of drug-likeness (QED) is 0.227. The van der Waals surface area contributed by atoms with Crippen LogP contribution in [0.1, 0.15) is 76.3 Å². The summed E-state index contributed by atoms with van der Waals surface area (Å²) in [4.78, 5) is 5.09. The molecule has 3 N–H and O–H groups in total. The Bertz CT molecular complexity index is 1010. The lowest BCUT2D eigenvalue weighted by Crippen LogP contribution is -2.46. The minimum Gasteiger partial charge on any atom is -0.598 e. The van der Waals surface area contributed by atoms with E-state index in [0.29, 0.717) is 12.6 Å². The van der Waals surface area contributed by atoms with Crippen molar-refractivity contribution in [2.24, 2.45) is 11.7 Å². The van der Waals surface area contributed by atoms with Crippen molar-refractivity contribution in [1.29, 1.82) is 0 Å². The van der Waals surface area contributed by atoms with E-state index in [0.717, 1.165) is 60.9 Å². The predicted molar refractivity (Wildman–Crippen MR) is 151 cm³/mol. The van der Waals surface area contributed by atoms with Gasteiger partial charge in [0.2, 0.25) is 0 Å². The largest absolute Gasteiger partial charge is 0.598 e. The summed E-state index contributed by atoms with van der Waals surface area (Å²) in [6, 6.07) is 7.25. The highest BCUT2D eigenvalue weighted by Crippen LogP contribution is 2.40. The molecule has 202 valence electrons. The van der Waals surface area contributed by atoms with Gasteiger partial charge in [0.25, 0.3) is 0 Å². The Labute approximate surface area is 221 Å². The number of nitrogens with two attached hydrogens (primary N) is 1. The molecular formula is C27H46N4O3SSi. The van der Waals surface area contributed by atoms with Crippen LogP contribution in [-0.4, -0.2) is 46.2 Å². The smallest absolute Gasteiger partial charge is 0.136 e. The molecule has 1 saturated carbocycles. The van der Waals surface area contributed by atoms with Crippen molar-refractivity contribution in [3.05, 3.63) is 29.6 Å². The second-order valence-corrected chi connectivity index (χ2v) is 20.4. The highest BCUT2D eigenvalue weighted by molar-refractivity contribution is 7.90. The Kier molecular flexibility index (Phi) is 8.92. The number of imidazole rings is 1. The summed E-state index contributed by atoms with van der Waals surface area (Å²) in [7, 11) is -1.21. The van der Waals surface area contributed by atoms with Gasteiger partial charge in [-0.3, -0.25) is 0 Å². The molecule has 0 amide bonds. The fourth-order valence-electron chi connectivity index (χ4n) is 4.62. The molecule has 0 radical (unpaired) electrons. The van der Waals surface area contributed by atoms with E-state index in [-0.39, 0.29) is 18.2 Å². The second kappa shape index (κ2) is 11.4. The first-order valence-corrected chi connectivity index (χ1v) is 18.4. The summed E-state index contributed by atoms with van der Waals surface area (Å²) < 4.78 is 30.9. The average Bonchev–Trinajstić information content (AvgIpc) is 3.60. The molecule has 2 aromatic rings. The van der Waals surface area contributed by atoms with Gasteiger partial charge in [-0.1, -0.05) is 25.7 Å². The first kappa shape index (κ1) is 28.1. The van der Waals surface area contributed by atoms with Gasteiger partial charge < -0.3 is 24.3 Å². The monoisotopic (exact) mass is 534 g/mol. The molecule has 1 aromatic carbocycles. The van der Waals surface area contributed by atoms with Crippen LogP contribution in [0.15, 0.2) is 18.2 Å². The molecule has 2 aliphatic rings. The summed E-state index contributed by atoms with van der Waals surface area (Å²) in [6.45, 7) is 14.9. The number of fused-ring (bicyclic) bond motifs is 1. The molecule has 4 rings (SSSR count). The standard InChI is InChI=1S/C27H46N4O3SSi/c1-27(2,3)35(32)30-25(23-9-7-8-14-34-23)26-29-21-13-12-20(24(28)19-10-11-19)17-22(21)31(26)18-33-15-16-36(4,5)6/h12-13,17,19,23-25,30H,7-11,14-16,18,28H2,1-6H3/t23-,24?,25?,35-/m1/s1. The van der Waals surface area contributed by atoms with E-state index in [2.05, 4.69) is 47.1 Å². The van der Waals surface area contributed by atoms with E-state index in [9.17, 15) is 4.55 Å². The number of nitrogens with zero attached hydrogens (tertiary/aromatic N) is 2. The number of aromatic nitrogens is 2. The van der Waals surface area contributed by atoms with Gasteiger partial charge in [-0.15, -0.1) is 4.72 Å². The molecule has 0 spiro atoms. The molecule has 0 bridgehead atoms. The summed E-state index contributed by atoms with van der Waals surface area (Å²) in [5, 5.41) is 0. The zero-order valence-electron chi connectivity index (χ0n) is 23.0. The molecule has 2 heterocycles. The highest BCUT2D eigenvalue weighted by atomic mass is 32.2. The van der Waals surface area contributed by atoms with Crippen LogP contribution in [0.4, 0.5) is 0 Å². The number of hydrogen-bond acceptors (Lipinski definition) is 6. The van der Waals surface area contributed by atoms with Crippen molar-refractivity contribution in [1.82, 2.24) is 14.3 Å². The molecule has 1 aromatic heterocycles. The number of rotatable bonds is 11. The van der Waals surface area contributed by atoms with E-state index < -0.39 is 24.2 Å². The molecule has 36 heavy (non-hydrogen) atoms. The van der Waals surface area contributed by atoms with Crippen LogP contribution >= 0.6 is 0 Å². The summed E-state index contributed by atoms with van der Waals surface area (Å²) in [5.74, 6) is 1.41. The summed E-state index contributed by atoms with van der Waals surface area (Å²) in [6.07, 6.45) is 5.38. The zero-order valence-corrected chi connectivity index (χ0v) is 24.8. The van der Waals surface area contributed by atoms with Gasteiger partial charge in [-0.05, 0) is 82.5 Å². The maximum atomic E-state index is 13.3. The van der Waals surface area contributed by atoms with Gasteiger partial charge in [0, 0.05) is 38.7 Å². The molecule has 4 atom stereocenters. The highest BCUT2D eigenvalue weighted by Gasteiger charge is 2.38. The molecule has 7 nitrogen and oxygen atoms in total. The first-order chi connectivity index (χ1) is 16.9. The Hall–Kier alpha value is -0.943. The Morgan fingerprint density at radius 1 is 1.25 bits per heavy atom. The van der Waals surface area contributed by atoms with Crippen molar-refractivity contribution < 1.29 is 14.0 Å². The van der Waals surface area contributed by atoms with E-state index in [4.69, 9.17) is 20.2 Å². The Morgan fingerprint density at radius 3 is 2.61 bits per heavy atom. The van der Waals surface area contributed by atoms with Gasteiger partial charge in [0.1, 0.15) is 23.3 Å². The third-order valence-corrected chi connectivity index (χ3v) is 10.5. The van der Waals surface area contributed by atoms with Crippen LogP contribution in [0.2, 0.25) is 25.7 Å². The molecule has 1 aliphatic heterocycles. The maximum absolute atomic E-state index is 13.3. The molecule has 2 unspecified atom stereocenters. The van der Waals surface area contributed by atoms with Gasteiger partial charge in [0.15, 0.2) is 0 Å². The van der Waals surface area contributed by atoms with E-state index in [1.165, 1.54) is 12.8 Å². The van der Waals surface area contributed by atoms with Crippen molar-refractivity contribution in [2.75, 3.05) is 13.2 Å². The second-order valence-electron chi connectivity index (χ2n) is 12.7. The maximum Gasteiger partial charge on any atom is 0.136 e. The van der Waals surface area contributed by atoms with Crippen LogP contribution in [0.5, 0.6) is 0 Å². The molecular weight excluding hydrogens is 488 g/mol. The molecule has 9 heteroatoms. The number of hydrogen-bond donors (Lipinski definition) is 2. The molecule has 1 saturated heterocycles. The van der Waals surface area contributed by atoms with Gasteiger partial charge >= 0.3 is 0 Å². The van der Waals surface area contributed by atoms with E-state index >= 15 is 0 Å². The van der Waals surface area contributed by atoms with Crippen LogP contribution in [-0.2, 0) is 27.6 Å². The van der Waals surface area contributed by atoms with Gasteiger partial charge in [-0.25, -0.2) is 4.98 Å². The lowest BCUT2D eigenvalue weighted by molar-refractivity contribution is -0.00763. The topological polar surface area (TPSA) is 97.4 Å². The summed E-state index contributed by atoms with van der Waals surface area (Å²) in [5.41, 5.74) is 9.66. The third-order valence-electron chi connectivity index (χ3n) is 7.19. The normalized spacial score (nSPS) is 22.1. The van der Waals surface area contributed by atoms with Crippen LogP contribution in [0.3, 0.4) is 0 Å². The van der Waals surface area contributed by atoms with Crippen LogP contribution in [0.25, 0.3) is 11.0 Å². The van der Waals surface area contributed by atoms with Gasteiger partial charge in [0.05, 0.1) is 17.1 Å². The van der Waals surface area contributed by atoms with Crippen molar-refractivity contribution in [3.63, 3.8) is 0 Å². The number of nitrogens with one attached hydrogen (secondary N) is 1. The predicted octanol–water partition coefficient (Wildman–Crippen LogP) is 5.42. The minimum absolute atomic E-state index is 0.0537. The van der Waals surface area contributed by atoms with Crippen molar-refractivity contribution >= 4 is 30.5 Å². The summed E-state index contributed by atoms with van der Waals surface area (Å²) >= 11 is -1.27. The van der Waals surface area contributed by atoms with Crippen LogP contribution in [0, 0.1) is 5.92 Å². The molecule has 1 aliphatic carbocycles. The lowest BCUT2D eigenvalue weighted by atomic mass is 10.0. The fourth-order valence-corrected chi connectivity index (χ4v) is 6.21.